The van der Waals surface area contributed by atoms with Crippen molar-refractivity contribution >= 4 is 23.5 Å². The molecule has 0 bridgehead atoms. The molecule has 2 aromatic carbocycles. The van der Waals surface area contributed by atoms with Crippen molar-refractivity contribution in [1.29, 1.82) is 0 Å². The molecule has 5 heteroatoms. The van der Waals surface area contributed by atoms with E-state index in [1.54, 1.807) is 36.4 Å². The van der Waals surface area contributed by atoms with Crippen molar-refractivity contribution in [3.05, 3.63) is 59.2 Å². The van der Waals surface area contributed by atoms with Gasteiger partial charge in [-0.15, -0.1) is 11.6 Å². The third-order valence-corrected chi connectivity index (χ3v) is 3.24. The smallest absolute Gasteiger partial charge is 0.336 e. The van der Waals surface area contributed by atoms with Crippen molar-refractivity contribution in [2.45, 2.75) is 5.88 Å². The summed E-state index contributed by atoms with van der Waals surface area (Å²) in [5.74, 6) is -2.19. The van der Waals surface area contributed by atoms with E-state index < -0.39 is 11.9 Å². The molecule has 2 aromatic rings. The summed E-state index contributed by atoms with van der Waals surface area (Å²) in [4.78, 5) is 22.7. The van der Waals surface area contributed by atoms with Gasteiger partial charge in [0.25, 0.3) is 0 Å². The van der Waals surface area contributed by atoms with Gasteiger partial charge < -0.3 is 10.2 Å². The van der Waals surface area contributed by atoms with Gasteiger partial charge in [0.15, 0.2) is 0 Å². The lowest BCUT2D eigenvalue weighted by Crippen LogP contribution is -2.06. The lowest BCUT2D eigenvalue weighted by atomic mass is 9.93. The van der Waals surface area contributed by atoms with E-state index in [-0.39, 0.29) is 17.0 Å². The highest BCUT2D eigenvalue weighted by Crippen LogP contribution is 2.30. The van der Waals surface area contributed by atoms with Crippen molar-refractivity contribution in [3.63, 3.8) is 0 Å². The molecule has 0 unspecified atom stereocenters. The highest BCUT2D eigenvalue weighted by atomic mass is 35.5. The van der Waals surface area contributed by atoms with Crippen LogP contribution in [0.5, 0.6) is 0 Å². The number of halogens is 1. The molecule has 0 spiro atoms. The monoisotopic (exact) mass is 290 g/mol. The summed E-state index contributed by atoms with van der Waals surface area (Å²) in [6.45, 7) is 0. The molecule has 0 saturated heterocycles. The first-order valence-corrected chi connectivity index (χ1v) is 6.33. The van der Waals surface area contributed by atoms with Crippen LogP contribution in [0.4, 0.5) is 0 Å². The lowest BCUT2D eigenvalue weighted by molar-refractivity contribution is 0.0684. The summed E-state index contributed by atoms with van der Waals surface area (Å²) in [7, 11) is 0. The Morgan fingerprint density at radius 1 is 0.900 bits per heavy atom. The van der Waals surface area contributed by atoms with Gasteiger partial charge in [-0.25, -0.2) is 9.59 Å². The minimum absolute atomic E-state index is 0.0381. The van der Waals surface area contributed by atoms with Gasteiger partial charge >= 0.3 is 11.9 Å². The van der Waals surface area contributed by atoms with Crippen LogP contribution in [0.15, 0.2) is 42.5 Å². The predicted octanol–water partition coefficient (Wildman–Crippen LogP) is 3.49. The third-order valence-electron chi connectivity index (χ3n) is 2.96. The standard InChI is InChI=1S/C15H11ClO4/c16-8-9-4-3-7-11(13(9)15(19)20)10-5-1-2-6-12(10)14(17)18/h1-7H,8H2,(H,17,18)(H,19,20). The molecule has 0 aromatic heterocycles. The van der Waals surface area contributed by atoms with Crippen molar-refractivity contribution in [2.24, 2.45) is 0 Å². The van der Waals surface area contributed by atoms with Gasteiger partial charge in [-0.05, 0) is 22.8 Å². The summed E-state index contributed by atoms with van der Waals surface area (Å²) in [5.41, 5.74) is 1.27. The Kier molecular flexibility index (Phi) is 4.05. The Bertz CT molecular complexity index is 679. The Hall–Kier alpha value is -2.33. The largest absolute Gasteiger partial charge is 0.478 e. The maximum Gasteiger partial charge on any atom is 0.336 e. The zero-order chi connectivity index (χ0) is 14.7. The topological polar surface area (TPSA) is 74.6 Å². The van der Waals surface area contributed by atoms with Gasteiger partial charge in [-0.3, -0.25) is 0 Å². The highest BCUT2D eigenvalue weighted by Gasteiger charge is 2.19. The number of alkyl halides is 1. The molecule has 4 nitrogen and oxygen atoms in total. The Morgan fingerprint density at radius 3 is 2.15 bits per heavy atom. The van der Waals surface area contributed by atoms with E-state index in [1.807, 2.05) is 0 Å². The number of hydrogen-bond donors (Lipinski definition) is 2. The average molecular weight is 291 g/mol. The van der Waals surface area contributed by atoms with E-state index in [0.29, 0.717) is 16.7 Å². The average Bonchev–Trinajstić information content (AvgIpc) is 2.46. The fourth-order valence-corrected chi connectivity index (χ4v) is 2.32. The SMILES string of the molecule is O=C(O)c1ccccc1-c1cccc(CCl)c1C(=O)O. The van der Waals surface area contributed by atoms with Crippen molar-refractivity contribution in [2.75, 3.05) is 0 Å². The Balaban J connectivity index is 2.77. The summed E-state index contributed by atoms with van der Waals surface area (Å²) in [6, 6.07) is 11.2. The van der Waals surface area contributed by atoms with E-state index in [2.05, 4.69) is 0 Å². The lowest BCUT2D eigenvalue weighted by Gasteiger charge is -2.12. The Morgan fingerprint density at radius 2 is 1.55 bits per heavy atom. The first kappa shape index (κ1) is 14.1. The number of benzene rings is 2. The highest BCUT2D eigenvalue weighted by molar-refractivity contribution is 6.18. The molecular formula is C15H11ClO4. The molecule has 0 radical (unpaired) electrons. The number of hydrogen-bond acceptors (Lipinski definition) is 2. The molecule has 20 heavy (non-hydrogen) atoms. The maximum absolute atomic E-state index is 11.4. The van der Waals surface area contributed by atoms with Crippen LogP contribution in [-0.2, 0) is 5.88 Å². The fraction of sp³-hybridized carbons (Fsp3) is 0.0667. The van der Waals surface area contributed by atoms with Crippen LogP contribution in [0.1, 0.15) is 26.3 Å². The zero-order valence-corrected chi connectivity index (χ0v) is 11.1. The third kappa shape index (κ3) is 2.51. The van der Waals surface area contributed by atoms with Gasteiger partial charge in [-0.2, -0.15) is 0 Å². The van der Waals surface area contributed by atoms with Crippen LogP contribution in [0.2, 0.25) is 0 Å². The molecule has 0 fully saturated rings. The van der Waals surface area contributed by atoms with Crippen LogP contribution in [0, 0.1) is 0 Å². The molecule has 0 aliphatic carbocycles. The summed E-state index contributed by atoms with van der Waals surface area (Å²) in [6.07, 6.45) is 0. The summed E-state index contributed by atoms with van der Waals surface area (Å²) < 4.78 is 0. The molecular weight excluding hydrogens is 280 g/mol. The predicted molar refractivity (Wildman–Crippen MR) is 75.4 cm³/mol. The molecule has 102 valence electrons. The molecule has 0 aliphatic heterocycles. The normalized spacial score (nSPS) is 10.2. The van der Waals surface area contributed by atoms with Crippen LogP contribution in [-0.4, -0.2) is 22.2 Å². The number of aromatic carboxylic acids is 2. The molecule has 0 aliphatic rings. The molecule has 0 heterocycles. The van der Waals surface area contributed by atoms with Gasteiger partial charge in [-0.1, -0.05) is 36.4 Å². The van der Waals surface area contributed by atoms with Gasteiger partial charge in [0.1, 0.15) is 0 Å². The van der Waals surface area contributed by atoms with Crippen molar-refractivity contribution in [3.8, 4) is 11.1 Å². The zero-order valence-electron chi connectivity index (χ0n) is 10.3. The van der Waals surface area contributed by atoms with E-state index >= 15 is 0 Å². The van der Waals surface area contributed by atoms with Crippen LogP contribution < -0.4 is 0 Å². The maximum atomic E-state index is 11.4. The fourth-order valence-electron chi connectivity index (χ4n) is 2.09. The van der Waals surface area contributed by atoms with E-state index in [1.165, 1.54) is 6.07 Å². The second-order valence-electron chi connectivity index (χ2n) is 4.13. The van der Waals surface area contributed by atoms with Crippen LogP contribution in [0.25, 0.3) is 11.1 Å². The van der Waals surface area contributed by atoms with Crippen LogP contribution >= 0.6 is 11.6 Å². The minimum Gasteiger partial charge on any atom is -0.478 e. The minimum atomic E-state index is -1.13. The molecule has 0 saturated carbocycles. The number of rotatable bonds is 4. The van der Waals surface area contributed by atoms with Crippen molar-refractivity contribution in [1.82, 2.24) is 0 Å². The molecule has 2 N–H and O–H groups in total. The van der Waals surface area contributed by atoms with E-state index in [9.17, 15) is 19.8 Å². The summed E-state index contributed by atoms with van der Waals surface area (Å²) >= 11 is 5.76. The van der Waals surface area contributed by atoms with Gasteiger partial charge in [0, 0.05) is 5.88 Å². The molecule has 2 rings (SSSR count). The molecule has 0 atom stereocenters. The van der Waals surface area contributed by atoms with Gasteiger partial charge in [0.05, 0.1) is 11.1 Å². The molecule has 0 amide bonds. The summed E-state index contributed by atoms with van der Waals surface area (Å²) in [5, 5.41) is 18.6. The first-order chi connectivity index (χ1) is 9.56. The number of carbonyl (C=O) groups is 2. The van der Waals surface area contributed by atoms with Crippen LogP contribution in [0.3, 0.4) is 0 Å². The van der Waals surface area contributed by atoms with E-state index in [4.69, 9.17) is 11.6 Å². The van der Waals surface area contributed by atoms with Crippen molar-refractivity contribution < 1.29 is 19.8 Å². The van der Waals surface area contributed by atoms with E-state index in [0.717, 1.165) is 0 Å². The first-order valence-electron chi connectivity index (χ1n) is 5.80. The second-order valence-corrected chi connectivity index (χ2v) is 4.40. The number of carboxylic acids is 2. The van der Waals surface area contributed by atoms with Gasteiger partial charge in [0.2, 0.25) is 0 Å². The quantitative estimate of drug-likeness (QED) is 0.845. The second kappa shape index (κ2) is 5.75. The Labute approximate surface area is 120 Å². The number of carboxylic acid groups (broad SMARTS) is 2.